The number of benzene rings is 2. The molecule has 0 fully saturated rings. The predicted molar refractivity (Wildman–Crippen MR) is 116 cm³/mol. The minimum absolute atomic E-state index is 0.206. The van der Waals surface area contributed by atoms with E-state index < -0.39 is 0 Å². The topological polar surface area (TPSA) is 24.9 Å². The SMILES string of the molecule is CPc1cccc2c1[C@@]1(CCc3cccc(NCc4ccccn4)c31)CC2. The van der Waals surface area contributed by atoms with E-state index in [4.69, 9.17) is 0 Å². The molecule has 3 heteroatoms. The minimum Gasteiger partial charge on any atom is -0.379 e. The normalized spacial score (nSPS) is 20.3. The predicted octanol–water partition coefficient (Wildman–Crippen LogP) is 4.81. The molecule has 1 heterocycles. The van der Waals surface area contributed by atoms with Crippen LogP contribution in [0.15, 0.2) is 60.8 Å². The molecule has 1 unspecified atom stereocenters. The van der Waals surface area contributed by atoms with Gasteiger partial charge in [0.1, 0.15) is 0 Å². The summed E-state index contributed by atoms with van der Waals surface area (Å²) in [5, 5.41) is 5.29. The standard InChI is InChI=1S/C24H25N2P/c1-27-21-10-5-7-18-12-14-24(23(18)21)13-11-17-6-4-9-20(22(17)24)26-16-19-8-2-3-15-25-19/h2-10,15,26-27H,11-14,16H2,1H3/t24-/m0/s1. The second-order valence-corrected chi connectivity index (χ2v) is 8.72. The second-order valence-electron chi connectivity index (χ2n) is 7.69. The largest absolute Gasteiger partial charge is 0.379 e. The van der Waals surface area contributed by atoms with Gasteiger partial charge in [0.15, 0.2) is 0 Å². The molecule has 0 amide bonds. The molecule has 5 rings (SSSR count). The minimum atomic E-state index is 0.206. The van der Waals surface area contributed by atoms with Crippen LogP contribution < -0.4 is 10.6 Å². The summed E-state index contributed by atoms with van der Waals surface area (Å²) in [4.78, 5) is 4.48. The van der Waals surface area contributed by atoms with Crippen LogP contribution in [0.5, 0.6) is 0 Å². The molecule has 1 aromatic heterocycles. The smallest absolute Gasteiger partial charge is 0.0594 e. The summed E-state index contributed by atoms with van der Waals surface area (Å²) in [5.74, 6) is 0. The number of rotatable bonds is 4. The van der Waals surface area contributed by atoms with Gasteiger partial charge in [0, 0.05) is 17.3 Å². The number of pyridine rings is 1. The highest BCUT2D eigenvalue weighted by molar-refractivity contribution is 7.46. The summed E-state index contributed by atoms with van der Waals surface area (Å²) in [6.45, 7) is 3.10. The van der Waals surface area contributed by atoms with Gasteiger partial charge < -0.3 is 5.32 Å². The van der Waals surface area contributed by atoms with E-state index in [1.807, 2.05) is 12.3 Å². The average Bonchev–Trinajstić information content (AvgIpc) is 3.30. The van der Waals surface area contributed by atoms with Crippen molar-refractivity contribution >= 4 is 19.6 Å². The van der Waals surface area contributed by atoms with Crippen LogP contribution in [-0.2, 0) is 24.8 Å². The molecule has 2 aliphatic rings. The van der Waals surface area contributed by atoms with Crippen molar-refractivity contribution in [2.45, 2.75) is 37.6 Å². The fourth-order valence-corrected chi connectivity index (χ4v) is 6.15. The zero-order valence-electron chi connectivity index (χ0n) is 15.8. The maximum absolute atomic E-state index is 4.48. The number of hydrogen-bond acceptors (Lipinski definition) is 2. The number of hydrogen-bond donors (Lipinski definition) is 1. The Labute approximate surface area is 163 Å². The van der Waals surface area contributed by atoms with Gasteiger partial charge in [-0.1, -0.05) is 45.0 Å². The molecule has 3 aromatic rings. The number of nitrogens with zero attached hydrogens (tertiary/aromatic N) is 1. The van der Waals surface area contributed by atoms with E-state index in [0.29, 0.717) is 0 Å². The lowest BCUT2D eigenvalue weighted by molar-refractivity contribution is 0.510. The highest BCUT2D eigenvalue weighted by atomic mass is 31.1. The summed E-state index contributed by atoms with van der Waals surface area (Å²) < 4.78 is 0. The summed E-state index contributed by atoms with van der Waals surface area (Å²) >= 11 is 0. The Morgan fingerprint density at radius 3 is 2.44 bits per heavy atom. The van der Waals surface area contributed by atoms with Gasteiger partial charge >= 0.3 is 0 Å². The number of aromatic nitrogens is 1. The lowest BCUT2D eigenvalue weighted by atomic mass is 9.76. The van der Waals surface area contributed by atoms with Crippen molar-refractivity contribution in [2.24, 2.45) is 0 Å². The van der Waals surface area contributed by atoms with Crippen LogP contribution in [0.2, 0.25) is 0 Å². The molecule has 2 aromatic carbocycles. The maximum atomic E-state index is 4.48. The van der Waals surface area contributed by atoms with E-state index >= 15 is 0 Å². The Kier molecular flexibility index (Phi) is 4.25. The Balaban J connectivity index is 1.59. The van der Waals surface area contributed by atoms with Crippen LogP contribution in [-0.4, -0.2) is 11.6 Å². The molecule has 0 saturated carbocycles. The first-order valence-electron chi connectivity index (χ1n) is 9.88. The van der Waals surface area contributed by atoms with Gasteiger partial charge in [0.05, 0.1) is 12.2 Å². The summed E-state index contributed by atoms with van der Waals surface area (Å²) in [6.07, 6.45) is 6.77. The summed E-state index contributed by atoms with van der Waals surface area (Å²) in [7, 11) is 0.855. The Bertz CT molecular complexity index is 979. The molecule has 27 heavy (non-hydrogen) atoms. The number of fused-ring (bicyclic) bond motifs is 4. The molecule has 2 aliphatic carbocycles. The van der Waals surface area contributed by atoms with Crippen molar-refractivity contribution in [1.82, 2.24) is 4.98 Å². The van der Waals surface area contributed by atoms with Crippen LogP contribution in [0.4, 0.5) is 5.69 Å². The molecule has 2 atom stereocenters. The molecule has 2 nitrogen and oxygen atoms in total. The molecule has 136 valence electrons. The number of aryl methyl sites for hydroxylation is 2. The lowest BCUT2D eigenvalue weighted by Gasteiger charge is -2.31. The molecule has 0 aliphatic heterocycles. The zero-order chi connectivity index (χ0) is 18.3. The first kappa shape index (κ1) is 17.0. The van der Waals surface area contributed by atoms with Gasteiger partial charge in [-0.2, -0.15) is 0 Å². The molecule has 0 bridgehead atoms. The molecule has 0 radical (unpaired) electrons. The van der Waals surface area contributed by atoms with Crippen molar-refractivity contribution in [2.75, 3.05) is 12.0 Å². The Hall–Kier alpha value is -2.18. The first-order chi connectivity index (χ1) is 13.3. The second kappa shape index (κ2) is 6.77. The van der Waals surface area contributed by atoms with E-state index in [0.717, 1.165) is 20.8 Å². The Morgan fingerprint density at radius 2 is 1.70 bits per heavy atom. The zero-order valence-corrected chi connectivity index (χ0v) is 16.8. The van der Waals surface area contributed by atoms with Crippen LogP contribution in [0.25, 0.3) is 0 Å². The van der Waals surface area contributed by atoms with Crippen LogP contribution in [0.1, 0.15) is 40.8 Å². The number of nitrogens with one attached hydrogen (secondary N) is 1. The summed E-state index contributed by atoms with van der Waals surface area (Å²) in [5.41, 5.74) is 8.92. The lowest BCUT2D eigenvalue weighted by Crippen LogP contribution is -2.27. The highest BCUT2D eigenvalue weighted by Crippen LogP contribution is 2.54. The van der Waals surface area contributed by atoms with Gasteiger partial charge in [-0.25, -0.2) is 0 Å². The highest BCUT2D eigenvalue weighted by Gasteiger charge is 2.47. The summed E-state index contributed by atoms with van der Waals surface area (Å²) in [6, 6.07) is 19.9. The van der Waals surface area contributed by atoms with E-state index in [2.05, 4.69) is 65.5 Å². The third-order valence-corrected chi connectivity index (χ3v) is 7.31. The fraction of sp³-hybridized carbons (Fsp3) is 0.292. The quantitative estimate of drug-likeness (QED) is 0.665. The van der Waals surface area contributed by atoms with Gasteiger partial charge in [0.2, 0.25) is 0 Å². The van der Waals surface area contributed by atoms with E-state index in [1.54, 1.807) is 22.0 Å². The van der Waals surface area contributed by atoms with Crippen molar-refractivity contribution in [1.29, 1.82) is 0 Å². The monoisotopic (exact) mass is 372 g/mol. The third-order valence-electron chi connectivity index (χ3n) is 6.36. The van der Waals surface area contributed by atoms with E-state index in [-0.39, 0.29) is 5.41 Å². The van der Waals surface area contributed by atoms with E-state index in [1.165, 1.54) is 36.9 Å². The fourth-order valence-electron chi connectivity index (χ4n) is 5.24. The van der Waals surface area contributed by atoms with Crippen molar-refractivity contribution in [3.63, 3.8) is 0 Å². The third kappa shape index (κ3) is 2.70. The molecule has 0 saturated heterocycles. The van der Waals surface area contributed by atoms with Crippen LogP contribution in [0.3, 0.4) is 0 Å². The molecular weight excluding hydrogens is 347 g/mol. The van der Waals surface area contributed by atoms with Gasteiger partial charge in [0.25, 0.3) is 0 Å². The maximum Gasteiger partial charge on any atom is 0.0594 e. The van der Waals surface area contributed by atoms with Crippen molar-refractivity contribution in [3.05, 3.63) is 88.7 Å². The van der Waals surface area contributed by atoms with Gasteiger partial charge in [-0.15, -0.1) is 0 Å². The van der Waals surface area contributed by atoms with E-state index in [9.17, 15) is 0 Å². The average molecular weight is 372 g/mol. The van der Waals surface area contributed by atoms with Gasteiger partial charge in [-0.05, 0) is 78.1 Å². The molecule has 1 N–H and O–H groups in total. The van der Waals surface area contributed by atoms with Crippen molar-refractivity contribution < 1.29 is 0 Å². The number of anilines is 1. The van der Waals surface area contributed by atoms with Gasteiger partial charge in [-0.3, -0.25) is 4.98 Å². The van der Waals surface area contributed by atoms with Crippen LogP contribution >= 0.6 is 8.58 Å². The van der Waals surface area contributed by atoms with Crippen LogP contribution in [0, 0.1) is 0 Å². The Morgan fingerprint density at radius 1 is 0.926 bits per heavy atom. The molecule has 1 spiro atoms. The van der Waals surface area contributed by atoms with Crippen molar-refractivity contribution in [3.8, 4) is 0 Å². The first-order valence-corrected chi connectivity index (χ1v) is 11.4. The molecular formula is C24H25N2P.